The molecule has 5 nitrogen and oxygen atoms in total. The zero-order valence-electron chi connectivity index (χ0n) is 19.4. The Morgan fingerprint density at radius 3 is 2.29 bits per heavy atom. The summed E-state index contributed by atoms with van der Waals surface area (Å²) in [6, 6.07) is 20.1. The van der Waals surface area contributed by atoms with Gasteiger partial charge >= 0.3 is 0 Å². The Morgan fingerprint density at radius 2 is 1.59 bits per heavy atom. The molecule has 1 heterocycles. The summed E-state index contributed by atoms with van der Waals surface area (Å²) in [5.74, 6) is 1.54. The molecule has 0 saturated carbocycles. The molecule has 0 radical (unpaired) electrons. The van der Waals surface area contributed by atoms with E-state index in [9.17, 15) is 4.79 Å². The number of anilines is 2. The second-order valence-corrected chi connectivity index (χ2v) is 9.66. The first-order valence-corrected chi connectivity index (χ1v) is 12.1. The lowest BCUT2D eigenvalue weighted by Gasteiger charge is -2.30. The van der Waals surface area contributed by atoms with Crippen LogP contribution in [0.1, 0.15) is 41.5 Å². The van der Waals surface area contributed by atoms with E-state index in [1.54, 1.807) is 14.2 Å². The van der Waals surface area contributed by atoms with Crippen molar-refractivity contribution in [3.8, 4) is 11.5 Å². The van der Waals surface area contributed by atoms with Crippen molar-refractivity contribution in [1.29, 1.82) is 0 Å². The zero-order valence-corrected chi connectivity index (χ0v) is 21.0. The Balaban J connectivity index is 1.64. The number of aryl methyl sites for hydroxylation is 1. The van der Waals surface area contributed by atoms with Crippen LogP contribution in [0, 0.1) is 6.92 Å². The molecular formula is C28H27BrN2O3. The number of benzene rings is 3. The van der Waals surface area contributed by atoms with Crippen molar-refractivity contribution < 1.29 is 14.3 Å². The Bertz CT molecular complexity index is 1280. The van der Waals surface area contributed by atoms with Gasteiger partial charge in [0, 0.05) is 22.2 Å². The molecule has 0 amide bonds. The van der Waals surface area contributed by atoms with Gasteiger partial charge in [0.15, 0.2) is 17.3 Å². The fourth-order valence-electron chi connectivity index (χ4n) is 4.89. The van der Waals surface area contributed by atoms with E-state index < -0.39 is 0 Å². The standard InChI is InChI=1S/C28H27BrN2O3/c1-16-8-10-17(11-9-16)18-12-23-27(24(32)13-18)28(31-22-7-5-4-6-21(22)30-23)19-14-25(33-2)26(34-3)15-20(19)29/h4-11,14-15,18,28,30-31H,12-13H2,1-3H3/t18-,28-/m0/s1. The Kier molecular flexibility index (Phi) is 6.09. The number of ketones is 1. The number of allylic oxidation sites excluding steroid dienone is 1. The first-order chi connectivity index (χ1) is 16.5. The van der Waals surface area contributed by atoms with Crippen molar-refractivity contribution >= 4 is 33.1 Å². The highest BCUT2D eigenvalue weighted by Crippen LogP contribution is 2.47. The van der Waals surface area contributed by atoms with Gasteiger partial charge in [-0.3, -0.25) is 4.79 Å². The maximum absolute atomic E-state index is 13.7. The first-order valence-electron chi connectivity index (χ1n) is 11.3. The predicted octanol–water partition coefficient (Wildman–Crippen LogP) is 6.75. The maximum atomic E-state index is 13.7. The van der Waals surface area contributed by atoms with Crippen LogP contribution < -0.4 is 20.1 Å². The maximum Gasteiger partial charge on any atom is 0.163 e. The van der Waals surface area contributed by atoms with Crippen LogP contribution >= 0.6 is 15.9 Å². The molecule has 0 fully saturated rings. The minimum absolute atomic E-state index is 0.138. The van der Waals surface area contributed by atoms with Crippen LogP contribution in [-0.4, -0.2) is 20.0 Å². The predicted molar refractivity (Wildman–Crippen MR) is 139 cm³/mol. The molecule has 1 aliphatic heterocycles. The SMILES string of the molecule is COc1cc(Br)c([C@@H]2Nc3ccccc3NC3=C2C(=O)C[C@@H](c2ccc(C)cc2)C3)cc1OC. The summed E-state index contributed by atoms with van der Waals surface area (Å²) >= 11 is 3.71. The van der Waals surface area contributed by atoms with Crippen LogP contribution in [0.2, 0.25) is 0 Å². The molecule has 3 aromatic rings. The topological polar surface area (TPSA) is 59.6 Å². The van der Waals surface area contributed by atoms with Crippen molar-refractivity contribution in [3.63, 3.8) is 0 Å². The van der Waals surface area contributed by atoms with Crippen molar-refractivity contribution in [1.82, 2.24) is 0 Å². The molecule has 2 N–H and O–H groups in total. The van der Waals surface area contributed by atoms with Crippen LogP contribution in [0.15, 0.2) is 76.4 Å². The lowest BCUT2D eigenvalue weighted by molar-refractivity contribution is -0.116. The molecule has 0 unspecified atom stereocenters. The number of hydrogen-bond donors (Lipinski definition) is 2. The molecule has 5 rings (SSSR count). The van der Waals surface area contributed by atoms with Gasteiger partial charge in [0.05, 0.1) is 31.6 Å². The van der Waals surface area contributed by atoms with E-state index in [0.717, 1.165) is 39.1 Å². The average Bonchev–Trinajstić information content (AvgIpc) is 3.01. The lowest BCUT2D eigenvalue weighted by atomic mass is 9.78. The van der Waals surface area contributed by atoms with Gasteiger partial charge < -0.3 is 20.1 Å². The number of methoxy groups -OCH3 is 2. The number of Topliss-reactive ketones (excluding diaryl/α,β-unsaturated/α-hetero) is 1. The van der Waals surface area contributed by atoms with E-state index in [1.807, 2.05) is 36.4 Å². The molecule has 2 atom stereocenters. The minimum Gasteiger partial charge on any atom is -0.493 e. The van der Waals surface area contributed by atoms with Gasteiger partial charge in [0.25, 0.3) is 0 Å². The molecule has 0 spiro atoms. The third-order valence-electron chi connectivity index (χ3n) is 6.67. The molecule has 0 bridgehead atoms. The number of carbonyl (C=O) groups is 1. The summed E-state index contributed by atoms with van der Waals surface area (Å²) < 4.78 is 11.9. The summed E-state index contributed by atoms with van der Waals surface area (Å²) in [5.41, 5.74) is 6.98. The largest absolute Gasteiger partial charge is 0.493 e. The normalized spacial score (nSPS) is 19.4. The van der Waals surface area contributed by atoms with Crippen molar-refractivity contribution in [2.45, 2.75) is 31.7 Å². The molecule has 2 aliphatic rings. The molecule has 0 saturated heterocycles. The number of halogens is 1. The van der Waals surface area contributed by atoms with Gasteiger partial charge in [0.1, 0.15) is 0 Å². The zero-order chi connectivity index (χ0) is 23.8. The Labute approximate surface area is 208 Å². The van der Waals surface area contributed by atoms with E-state index in [4.69, 9.17) is 9.47 Å². The van der Waals surface area contributed by atoms with Crippen LogP contribution in [0.3, 0.4) is 0 Å². The van der Waals surface area contributed by atoms with Crippen LogP contribution in [0.25, 0.3) is 0 Å². The molecular weight excluding hydrogens is 492 g/mol. The number of hydrogen-bond acceptors (Lipinski definition) is 5. The number of para-hydroxylation sites is 2. The molecule has 34 heavy (non-hydrogen) atoms. The van der Waals surface area contributed by atoms with Gasteiger partial charge in [-0.1, -0.05) is 57.9 Å². The minimum atomic E-state index is -0.341. The van der Waals surface area contributed by atoms with E-state index >= 15 is 0 Å². The van der Waals surface area contributed by atoms with Gasteiger partial charge in [-0.2, -0.15) is 0 Å². The highest BCUT2D eigenvalue weighted by molar-refractivity contribution is 9.10. The van der Waals surface area contributed by atoms with Crippen molar-refractivity contribution in [2.24, 2.45) is 0 Å². The lowest BCUT2D eigenvalue weighted by Crippen LogP contribution is -2.27. The third-order valence-corrected chi connectivity index (χ3v) is 7.36. The Morgan fingerprint density at radius 1 is 0.912 bits per heavy atom. The van der Waals surface area contributed by atoms with Crippen molar-refractivity contribution in [3.05, 3.63) is 93.1 Å². The number of carbonyl (C=O) groups excluding carboxylic acids is 1. The molecule has 0 aromatic heterocycles. The highest BCUT2D eigenvalue weighted by atomic mass is 79.9. The van der Waals surface area contributed by atoms with Gasteiger partial charge in [-0.05, 0) is 54.7 Å². The quantitative estimate of drug-likeness (QED) is 0.399. The van der Waals surface area contributed by atoms with Gasteiger partial charge in [0.2, 0.25) is 0 Å². The monoisotopic (exact) mass is 518 g/mol. The number of fused-ring (bicyclic) bond motifs is 1. The Hall–Kier alpha value is -3.25. The second-order valence-electron chi connectivity index (χ2n) is 8.81. The fraction of sp³-hybridized carbons (Fsp3) is 0.250. The fourth-order valence-corrected chi connectivity index (χ4v) is 5.44. The summed E-state index contributed by atoms with van der Waals surface area (Å²) in [6.45, 7) is 2.08. The average molecular weight is 519 g/mol. The van der Waals surface area contributed by atoms with E-state index in [1.165, 1.54) is 11.1 Å². The first kappa shape index (κ1) is 22.5. The molecule has 174 valence electrons. The summed E-state index contributed by atoms with van der Waals surface area (Å²) in [4.78, 5) is 13.7. The van der Waals surface area contributed by atoms with Crippen LogP contribution in [0.5, 0.6) is 11.5 Å². The summed E-state index contributed by atoms with van der Waals surface area (Å²) in [6.07, 6.45) is 1.24. The van der Waals surface area contributed by atoms with E-state index in [-0.39, 0.29) is 17.7 Å². The molecule has 1 aliphatic carbocycles. The number of rotatable bonds is 4. The van der Waals surface area contributed by atoms with E-state index in [0.29, 0.717) is 17.9 Å². The van der Waals surface area contributed by atoms with Crippen LogP contribution in [0.4, 0.5) is 11.4 Å². The third kappa shape index (κ3) is 4.07. The molecule has 6 heteroatoms. The summed E-state index contributed by atoms with van der Waals surface area (Å²) in [7, 11) is 3.24. The van der Waals surface area contributed by atoms with Gasteiger partial charge in [-0.15, -0.1) is 0 Å². The smallest absolute Gasteiger partial charge is 0.163 e. The van der Waals surface area contributed by atoms with Crippen molar-refractivity contribution in [2.75, 3.05) is 24.9 Å². The number of ether oxygens (including phenoxy) is 2. The number of nitrogens with one attached hydrogen (secondary N) is 2. The molecule has 3 aromatic carbocycles. The van der Waals surface area contributed by atoms with Gasteiger partial charge in [-0.25, -0.2) is 0 Å². The second kappa shape index (κ2) is 9.18. The summed E-state index contributed by atoms with van der Waals surface area (Å²) in [5, 5.41) is 7.23. The van der Waals surface area contributed by atoms with Crippen LogP contribution in [-0.2, 0) is 4.79 Å². The van der Waals surface area contributed by atoms with E-state index in [2.05, 4.69) is 57.8 Å². The highest BCUT2D eigenvalue weighted by Gasteiger charge is 2.37.